The number of oxazole rings is 1. The molecule has 1 rings (SSSR count). The maximum Gasteiger partial charge on any atom is 0.397 e. The summed E-state index contributed by atoms with van der Waals surface area (Å²) in [5.41, 5.74) is 0. The largest absolute Gasteiger partial charge is 0.459 e. The molecule has 1 heterocycles. The van der Waals surface area contributed by atoms with E-state index in [1.54, 1.807) is 6.92 Å². The summed E-state index contributed by atoms with van der Waals surface area (Å²) in [5, 5.41) is 2.16. The highest BCUT2D eigenvalue weighted by Crippen LogP contribution is 2.02. The van der Waals surface area contributed by atoms with E-state index in [0.29, 0.717) is 0 Å². The van der Waals surface area contributed by atoms with E-state index in [1.807, 2.05) is 0 Å². The molecule has 0 saturated carbocycles. The van der Waals surface area contributed by atoms with Gasteiger partial charge in [-0.2, -0.15) is 0 Å². The van der Waals surface area contributed by atoms with Crippen LogP contribution in [0.15, 0.2) is 17.0 Å². The van der Waals surface area contributed by atoms with Gasteiger partial charge < -0.3 is 9.15 Å². The highest BCUT2D eigenvalue weighted by molar-refractivity contribution is 6.37. The molecule has 0 aromatic carbocycles. The SMILES string of the molecule is CCOC(=O)C(=O)Nc1cnco1. The smallest absolute Gasteiger partial charge is 0.397 e. The standard InChI is InChI=1S/C7H8N2O4/c1-2-12-7(11)6(10)9-5-3-8-4-13-5/h3-4H,2H2,1H3,(H,9,10). The number of esters is 1. The second-order valence-corrected chi connectivity index (χ2v) is 2.04. The van der Waals surface area contributed by atoms with E-state index in [0.717, 1.165) is 6.39 Å². The summed E-state index contributed by atoms with van der Waals surface area (Å²) in [6.45, 7) is 1.77. The number of rotatable bonds is 2. The lowest BCUT2D eigenvalue weighted by atomic mass is 10.6. The molecule has 0 aliphatic heterocycles. The Morgan fingerprint density at radius 3 is 3.00 bits per heavy atom. The van der Waals surface area contributed by atoms with Crippen LogP contribution in [0.3, 0.4) is 0 Å². The molecule has 0 spiro atoms. The average Bonchev–Trinajstić information content (AvgIpc) is 2.57. The molecular formula is C7H8N2O4. The van der Waals surface area contributed by atoms with Crippen molar-refractivity contribution in [2.75, 3.05) is 11.9 Å². The fourth-order valence-electron chi connectivity index (χ4n) is 0.637. The maximum atomic E-state index is 10.9. The van der Waals surface area contributed by atoms with Crippen LogP contribution >= 0.6 is 0 Å². The normalized spacial score (nSPS) is 9.31. The van der Waals surface area contributed by atoms with Crippen molar-refractivity contribution in [1.29, 1.82) is 0 Å². The number of aromatic nitrogens is 1. The number of hydrogen-bond donors (Lipinski definition) is 1. The van der Waals surface area contributed by atoms with Gasteiger partial charge in [-0.05, 0) is 6.92 Å². The van der Waals surface area contributed by atoms with Crippen LogP contribution in [-0.2, 0) is 14.3 Å². The second kappa shape index (κ2) is 4.24. The number of ether oxygens (including phenoxy) is 1. The highest BCUT2D eigenvalue weighted by Gasteiger charge is 2.15. The third kappa shape index (κ3) is 2.58. The van der Waals surface area contributed by atoms with Gasteiger partial charge in [0.2, 0.25) is 5.88 Å². The fourth-order valence-corrected chi connectivity index (χ4v) is 0.637. The Bertz CT molecular complexity index is 293. The third-order valence-electron chi connectivity index (χ3n) is 1.13. The predicted octanol–water partition coefficient (Wildman–Crippen LogP) is 0.176. The maximum absolute atomic E-state index is 10.9. The van der Waals surface area contributed by atoms with Crippen molar-refractivity contribution < 1.29 is 18.7 Å². The van der Waals surface area contributed by atoms with E-state index >= 15 is 0 Å². The van der Waals surface area contributed by atoms with Gasteiger partial charge in [-0.25, -0.2) is 9.78 Å². The van der Waals surface area contributed by atoms with E-state index in [-0.39, 0.29) is 12.5 Å². The van der Waals surface area contributed by atoms with Crippen molar-refractivity contribution in [3.63, 3.8) is 0 Å². The number of nitrogens with zero attached hydrogens (tertiary/aromatic N) is 1. The molecule has 70 valence electrons. The molecular weight excluding hydrogens is 176 g/mol. The molecule has 6 nitrogen and oxygen atoms in total. The number of anilines is 1. The van der Waals surface area contributed by atoms with Crippen LogP contribution in [0.2, 0.25) is 0 Å². The summed E-state index contributed by atoms with van der Waals surface area (Å²) in [5.74, 6) is -1.71. The molecule has 0 fully saturated rings. The first kappa shape index (κ1) is 9.24. The summed E-state index contributed by atoms with van der Waals surface area (Å²) in [4.78, 5) is 25.2. The first-order valence-electron chi connectivity index (χ1n) is 3.60. The van der Waals surface area contributed by atoms with Crippen LogP contribution in [0.25, 0.3) is 0 Å². The minimum absolute atomic E-state index is 0.109. The molecule has 1 aromatic heterocycles. The number of carbonyl (C=O) groups excluding carboxylic acids is 2. The minimum Gasteiger partial charge on any atom is -0.459 e. The van der Waals surface area contributed by atoms with Gasteiger partial charge >= 0.3 is 11.9 Å². The second-order valence-electron chi connectivity index (χ2n) is 2.04. The summed E-state index contributed by atoms with van der Waals surface area (Å²) >= 11 is 0. The minimum atomic E-state index is -0.945. The lowest BCUT2D eigenvalue weighted by Crippen LogP contribution is -2.24. The zero-order valence-corrected chi connectivity index (χ0v) is 6.94. The van der Waals surface area contributed by atoms with E-state index in [4.69, 9.17) is 0 Å². The van der Waals surface area contributed by atoms with Gasteiger partial charge in [-0.3, -0.25) is 10.1 Å². The molecule has 0 atom stereocenters. The van der Waals surface area contributed by atoms with E-state index in [9.17, 15) is 9.59 Å². The Kier molecular flexibility index (Phi) is 3.02. The first-order chi connectivity index (χ1) is 6.24. The van der Waals surface area contributed by atoms with Crippen molar-refractivity contribution in [1.82, 2.24) is 4.98 Å². The van der Waals surface area contributed by atoms with Crippen molar-refractivity contribution in [2.24, 2.45) is 0 Å². The zero-order chi connectivity index (χ0) is 9.68. The topological polar surface area (TPSA) is 81.4 Å². The Morgan fingerprint density at radius 1 is 1.69 bits per heavy atom. The first-order valence-corrected chi connectivity index (χ1v) is 3.60. The Hall–Kier alpha value is -1.85. The van der Waals surface area contributed by atoms with Crippen LogP contribution in [0.5, 0.6) is 0 Å². The van der Waals surface area contributed by atoms with Gasteiger partial charge in [0.05, 0.1) is 12.8 Å². The van der Waals surface area contributed by atoms with Crippen molar-refractivity contribution in [3.05, 3.63) is 12.6 Å². The lowest BCUT2D eigenvalue weighted by molar-refractivity contribution is -0.152. The van der Waals surface area contributed by atoms with Crippen molar-refractivity contribution in [2.45, 2.75) is 6.92 Å². The van der Waals surface area contributed by atoms with Crippen LogP contribution in [0, 0.1) is 0 Å². The van der Waals surface area contributed by atoms with Crippen LogP contribution in [0.1, 0.15) is 6.92 Å². The molecule has 1 aromatic rings. The number of amides is 1. The number of nitrogens with one attached hydrogen (secondary N) is 1. The van der Waals surface area contributed by atoms with Gasteiger partial charge in [0.15, 0.2) is 6.39 Å². The van der Waals surface area contributed by atoms with E-state index in [2.05, 4.69) is 19.5 Å². The average molecular weight is 184 g/mol. The molecule has 0 saturated heterocycles. The Balaban J connectivity index is 2.46. The Morgan fingerprint density at radius 2 is 2.46 bits per heavy atom. The summed E-state index contributed by atoms with van der Waals surface area (Å²) in [6.07, 6.45) is 2.41. The lowest BCUT2D eigenvalue weighted by Gasteiger charge is -1.99. The van der Waals surface area contributed by atoms with Gasteiger partial charge in [0.25, 0.3) is 0 Å². The fraction of sp³-hybridized carbons (Fsp3) is 0.286. The summed E-state index contributed by atoms with van der Waals surface area (Å²) in [7, 11) is 0. The third-order valence-corrected chi connectivity index (χ3v) is 1.13. The van der Waals surface area contributed by atoms with Crippen LogP contribution in [-0.4, -0.2) is 23.5 Å². The molecule has 1 amide bonds. The zero-order valence-electron chi connectivity index (χ0n) is 6.94. The molecule has 0 bridgehead atoms. The summed E-state index contributed by atoms with van der Waals surface area (Å²) in [6, 6.07) is 0. The molecule has 0 radical (unpaired) electrons. The summed E-state index contributed by atoms with van der Waals surface area (Å²) < 4.78 is 9.12. The highest BCUT2D eigenvalue weighted by atomic mass is 16.5. The van der Waals surface area contributed by atoms with Gasteiger partial charge in [0.1, 0.15) is 0 Å². The van der Waals surface area contributed by atoms with Crippen molar-refractivity contribution >= 4 is 17.8 Å². The quantitative estimate of drug-likeness (QED) is 0.523. The monoisotopic (exact) mass is 184 g/mol. The molecule has 0 aliphatic carbocycles. The van der Waals surface area contributed by atoms with E-state index < -0.39 is 11.9 Å². The number of carbonyl (C=O) groups is 2. The molecule has 6 heteroatoms. The molecule has 1 N–H and O–H groups in total. The molecule has 0 unspecified atom stereocenters. The van der Waals surface area contributed by atoms with Crippen molar-refractivity contribution in [3.8, 4) is 0 Å². The van der Waals surface area contributed by atoms with Crippen LogP contribution in [0.4, 0.5) is 5.88 Å². The van der Waals surface area contributed by atoms with Crippen LogP contribution < -0.4 is 5.32 Å². The molecule has 0 aliphatic rings. The predicted molar refractivity (Wildman–Crippen MR) is 41.8 cm³/mol. The van der Waals surface area contributed by atoms with Gasteiger partial charge in [-0.15, -0.1) is 0 Å². The molecule has 13 heavy (non-hydrogen) atoms. The number of hydrogen-bond acceptors (Lipinski definition) is 5. The van der Waals surface area contributed by atoms with E-state index in [1.165, 1.54) is 6.20 Å². The van der Waals surface area contributed by atoms with Gasteiger partial charge in [-0.1, -0.05) is 0 Å². The Labute approximate surface area is 73.9 Å². The van der Waals surface area contributed by atoms with Gasteiger partial charge in [0, 0.05) is 0 Å².